The van der Waals surface area contributed by atoms with Gasteiger partial charge in [-0.1, -0.05) is 12.1 Å². The molecule has 1 atom stereocenters. The van der Waals surface area contributed by atoms with Crippen molar-refractivity contribution in [1.29, 1.82) is 0 Å². The van der Waals surface area contributed by atoms with E-state index in [1.165, 1.54) is 16.8 Å². The van der Waals surface area contributed by atoms with E-state index in [1.807, 2.05) is 21.1 Å². The van der Waals surface area contributed by atoms with Crippen LogP contribution in [0.4, 0.5) is 11.5 Å². The Hall–Kier alpha value is -1.81. The number of hydrogen-bond acceptors (Lipinski definition) is 4. The molecule has 3 rings (SSSR count). The summed E-state index contributed by atoms with van der Waals surface area (Å²) in [4.78, 5) is 10.8. The van der Waals surface area contributed by atoms with Gasteiger partial charge in [0.15, 0.2) is 0 Å². The summed E-state index contributed by atoms with van der Waals surface area (Å²) in [6, 6.07) is 8.67. The van der Waals surface area contributed by atoms with E-state index in [9.17, 15) is 0 Å². The molecule has 1 N–H and O–H groups in total. The Morgan fingerprint density at radius 2 is 1.90 bits per heavy atom. The summed E-state index contributed by atoms with van der Waals surface area (Å²) in [7, 11) is 5.97. The Labute approximate surface area is 130 Å². The fraction of sp³-hybridized carbons (Fsp3) is 0.375. The van der Waals surface area contributed by atoms with Crippen molar-refractivity contribution in [3.8, 4) is 0 Å². The highest BCUT2D eigenvalue weighted by molar-refractivity contribution is 6.28. The van der Waals surface area contributed by atoms with E-state index in [2.05, 4.69) is 44.5 Å². The molecule has 0 amide bonds. The third kappa shape index (κ3) is 2.56. The highest BCUT2D eigenvalue weighted by Gasteiger charge is 2.29. The third-order valence-electron chi connectivity index (χ3n) is 4.07. The summed E-state index contributed by atoms with van der Waals surface area (Å²) < 4.78 is 0. The summed E-state index contributed by atoms with van der Waals surface area (Å²) in [6.45, 7) is 0. The van der Waals surface area contributed by atoms with Gasteiger partial charge in [-0.25, -0.2) is 9.97 Å². The summed E-state index contributed by atoms with van der Waals surface area (Å²) >= 11 is 6.06. The van der Waals surface area contributed by atoms with Crippen molar-refractivity contribution in [2.75, 3.05) is 31.4 Å². The first-order valence-corrected chi connectivity index (χ1v) is 7.49. The van der Waals surface area contributed by atoms with Gasteiger partial charge in [0, 0.05) is 38.3 Å². The molecule has 1 aliphatic rings. The molecule has 0 aliphatic heterocycles. The molecule has 1 aliphatic carbocycles. The Balaban J connectivity index is 1.99. The fourth-order valence-corrected chi connectivity index (χ4v) is 3.14. The van der Waals surface area contributed by atoms with E-state index in [4.69, 9.17) is 11.6 Å². The molecular formula is C16H19ClN4. The Kier molecular flexibility index (Phi) is 3.72. The molecule has 0 radical (unpaired) electrons. The van der Waals surface area contributed by atoms with Crippen molar-refractivity contribution >= 4 is 23.1 Å². The standard InChI is InChI=1S/C16H19ClN4/c1-18-15-13-9-8-12(14(13)19-16(17)20-15)10-4-6-11(7-5-10)21(2)3/h4-7,12H,8-9H2,1-3H3,(H,18,19,20). The van der Waals surface area contributed by atoms with Crippen LogP contribution >= 0.6 is 11.6 Å². The predicted octanol–water partition coefficient (Wildman–Crippen LogP) is 3.32. The van der Waals surface area contributed by atoms with Crippen LogP contribution in [-0.2, 0) is 6.42 Å². The van der Waals surface area contributed by atoms with E-state index in [0.717, 1.165) is 24.4 Å². The number of rotatable bonds is 3. The topological polar surface area (TPSA) is 41.1 Å². The van der Waals surface area contributed by atoms with Gasteiger partial charge in [-0.3, -0.25) is 0 Å². The average molecular weight is 303 g/mol. The number of aromatic nitrogens is 2. The van der Waals surface area contributed by atoms with Crippen LogP contribution in [0.2, 0.25) is 5.28 Å². The molecule has 0 spiro atoms. The molecule has 21 heavy (non-hydrogen) atoms. The second-order valence-corrected chi connectivity index (χ2v) is 5.87. The van der Waals surface area contributed by atoms with Gasteiger partial charge in [-0.2, -0.15) is 0 Å². The summed E-state index contributed by atoms with van der Waals surface area (Å²) in [5, 5.41) is 3.44. The molecule has 4 nitrogen and oxygen atoms in total. The highest BCUT2D eigenvalue weighted by atomic mass is 35.5. The minimum atomic E-state index is 0.309. The Bertz CT molecular complexity index is 652. The lowest BCUT2D eigenvalue weighted by Gasteiger charge is -2.16. The number of hydrogen-bond donors (Lipinski definition) is 1. The Morgan fingerprint density at radius 3 is 2.52 bits per heavy atom. The minimum Gasteiger partial charge on any atom is -0.378 e. The largest absolute Gasteiger partial charge is 0.378 e. The van der Waals surface area contributed by atoms with Gasteiger partial charge in [0.05, 0.1) is 5.69 Å². The lowest BCUT2D eigenvalue weighted by Crippen LogP contribution is -2.09. The van der Waals surface area contributed by atoms with Crippen LogP contribution in [0.3, 0.4) is 0 Å². The second kappa shape index (κ2) is 5.53. The van der Waals surface area contributed by atoms with Crippen LogP contribution in [0, 0.1) is 0 Å². The number of anilines is 2. The van der Waals surface area contributed by atoms with Gasteiger partial charge < -0.3 is 10.2 Å². The number of fused-ring (bicyclic) bond motifs is 1. The van der Waals surface area contributed by atoms with Crippen molar-refractivity contribution in [1.82, 2.24) is 9.97 Å². The molecule has 0 fully saturated rings. The monoisotopic (exact) mass is 302 g/mol. The molecule has 1 aromatic heterocycles. The van der Waals surface area contributed by atoms with Crippen molar-refractivity contribution in [3.63, 3.8) is 0 Å². The quantitative estimate of drug-likeness (QED) is 0.883. The summed E-state index contributed by atoms with van der Waals surface area (Å²) in [5.41, 5.74) is 4.75. The lowest BCUT2D eigenvalue weighted by atomic mass is 9.96. The van der Waals surface area contributed by atoms with Crippen LogP contribution in [0.5, 0.6) is 0 Å². The van der Waals surface area contributed by atoms with Crippen molar-refractivity contribution < 1.29 is 0 Å². The smallest absolute Gasteiger partial charge is 0.224 e. The van der Waals surface area contributed by atoms with Crippen LogP contribution in [-0.4, -0.2) is 31.1 Å². The first kappa shape index (κ1) is 14.1. The van der Waals surface area contributed by atoms with Crippen LogP contribution < -0.4 is 10.2 Å². The van der Waals surface area contributed by atoms with Crippen molar-refractivity contribution in [2.24, 2.45) is 0 Å². The zero-order valence-corrected chi connectivity index (χ0v) is 13.3. The average Bonchev–Trinajstić information content (AvgIpc) is 2.90. The first-order chi connectivity index (χ1) is 10.1. The first-order valence-electron chi connectivity index (χ1n) is 7.11. The van der Waals surface area contributed by atoms with Crippen molar-refractivity contribution in [3.05, 3.63) is 46.4 Å². The van der Waals surface area contributed by atoms with Gasteiger partial charge in [0.1, 0.15) is 5.82 Å². The van der Waals surface area contributed by atoms with Gasteiger partial charge >= 0.3 is 0 Å². The lowest BCUT2D eigenvalue weighted by molar-refractivity contribution is 0.771. The molecule has 1 unspecified atom stereocenters. The molecule has 0 bridgehead atoms. The molecule has 1 heterocycles. The molecule has 1 aromatic carbocycles. The van der Waals surface area contributed by atoms with Gasteiger partial charge in [-0.15, -0.1) is 0 Å². The molecule has 2 aromatic rings. The van der Waals surface area contributed by atoms with E-state index in [0.29, 0.717) is 11.2 Å². The third-order valence-corrected chi connectivity index (χ3v) is 4.24. The van der Waals surface area contributed by atoms with E-state index < -0.39 is 0 Å². The van der Waals surface area contributed by atoms with Crippen LogP contribution in [0.1, 0.15) is 29.2 Å². The predicted molar refractivity (Wildman–Crippen MR) is 87.5 cm³/mol. The number of benzene rings is 1. The fourth-order valence-electron chi connectivity index (χ4n) is 2.97. The van der Waals surface area contributed by atoms with E-state index in [-0.39, 0.29) is 0 Å². The van der Waals surface area contributed by atoms with Crippen LogP contribution in [0.25, 0.3) is 0 Å². The molecule has 0 saturated heterocycles. The maximum Gasteiger partial charge on any atom is 0.224 e. The summed E-state index contributed by atoms with van der Waals surface area (Å²) in [6.07, 6.45) is 2.04. The van der Waals surface area contributed by atoms with E-state index >= 15 is 0 Å². The van der Waals surface area contributed by atoms with Crippen LogP contribution in [0.15, 0.2) is 24.3 Å². The molecular weight excluding hydrogens is 284 g/mol. The molecule has 5 heteroatoms. The minimum absolute atomic E-state index is 0.309. The Morgan fingerprint density at radius 1 is 1.19 bits per heavy atom. The highest BCUT2D eigenvalue weighted by Crippen LogP contribution is 2.40. The SMILES string of the molecule is CNc1nc(Cl)nc2c1CCC2c1ccc(N(C)C)cc1. The second-order valence-electron chi connectivity index (χ2n) is 5.53. The zero-order valence-electron chi connectivity index (χ0n) is 12.5. The summed E-state index contributed by atoms with van der Waals surface area (Å²) in [5.74, 6) is 1.17. The number of nitrogens with zero attached hydrogens (tertiary/aromatic N) is 3. The number of nitrogens with one attached hydrogen (secondary N) is 1. The normalized spacial score (nSPS) is 16.7. The maximum absolute atomic E-state index is 6.06. The van der Waals surface area contributed by atoms with E-state index in [1.54, 1.807) is 0 Å². The molecule has 0 saturated carbocycles. The van der Waals surface area contributed by atoms with Crippen molar-refractivity contribution in [2.45, 2.75) is 18.8 Å². The van der Waals surface area contributed by atoms with Gasteiger partial charge in [0.2, 0.25) is 5.28 Å². The number of halogens is 1. The zero-order chi connectivity index (χ0) is 15.0. The maximum atomic E-state index is 6.06. The van der Waals surface area contributed by atoms with Gasteiger partial charge in [0.25, 0.3) is 0 Å². The molecule has 110 valence electrons. The van der Waals surface area contributed by atoms with Gasteiger partial charge in [-0.05, 0) is 42.1 Å².